The molecule has 0 bridgehead atoms. The van der Waals surface area contributed by atoms with Crippen LogP contribution in [0.5, 0.6) is 0 Å². The molecule has 0 heterocycles. The van der Waals surface area contributed by atoms with Crippen molar-refractivity contribution in [2.75, 3.05) is 31.6 Å². The standard InChI is InChI=1S/C29H27F2I2N3O2/c1-3-28(38)36(12-11-20-7-9-22(10-8-20)23-6-4-5-21(13-23)17-34)19-27(37)18-35(2)26-15-24(29(30,31)33)14-25(32)16-26/h4-10,13-16H,3,11-12,18-19H2,1-2H3. The number of alkyl halides is 3. The van der Waals surface area contributed by atoms with Crippen molar-refractivity contribution in [2.45, 2.75) is 23.7 Å². The molecule has 0 spiro atoms. The molecule has 0 N–H and O–H groups in total. The van der Waals surface area contributed by atoms with E-state index < -0.39 is 3.93 Å². The lowest BCUT2D eigenvalue weighted by Gasteiger charge is -2.25. The largest absolute Gasteiger partial charge is 0.367 e. The number of halogens is 4. The van der Waals surface area contributed by atoms with E-state index in [1.54, 1.807) is 35.9 Å². The second-order valence-corrected chi connectivity index (χ2v) is 11.5. The highest BCUT2D eigenvalue weighted by Gasteiger charge is 2.28. The maximum absolute atomic E-state index is 13.8. The van der Waals surface area contributed by atoms with Gasteiger partial charge in [-0.05, 0) is 76.0 Å². The third-order valence-electron chi connectivity index (χ3n) is 6.04. The van der Waals surface area contributed by atoms with Crippen LogP contribution in [0.4, 0.5) is 14.5 Å². The predicted octanol–water partition coefficient (Wildman–Crippen LogP) is 6.80. The molecule has 198 valence electrons. The van der Waals surface area contributed by atoms with E-state index in [2.05, 4.69) is 6.07 Å². The fraction of sp³-hybridized carbons (Fsp3) is 0.276. The number of nitriles is 1. The Morgan fingerprint density at radius 3 is 2.34 bits per heavy atom. The first kappa shape index (κ1) is 30.0. The van der Waals surface area contributed by atoms with Crippen molar-refractivity contribution in [3.8, 4) is 17.2 Å². The zero-order chi connectivity index (χ0) is 27.9. The molecular weight excluding hydrogens is 714 g/mol. The van der Waals surface area contributed by atoms with E-state index >= 15 is 0 Å². The molecule has 1 amide bonds. The molecule has 5 nitrogen and oxygen atoms in total. The molecule has 0 aliphatic rings. The smallest absolute Gasteiger partial charge is 0.321 e. The SMILES string of the molecule is CCC(=O)N(CCc1ccc(-c2cccc(C#N)c2)cc1)CC(=O)CN(C)c1cc(I)cc(C(F)(F)I)c1. The van der Waals surface area contributed by atoms with Crippen LogP contribution >= 0.6 is 45.2 Å². The topological polar surface area (TPSA) is 64.4 Å². The van der Waals surface area contributed by atoms with E-state index in [0.717, 1.165) is 39.3 Å². The number of likely N-dealkylation sites (N-methyl/N-ethyl adjacent to an activating group) is 1. The maximum Gasteiger partial charge on any atom is 0.321 e. The molecule has 0 aliphatic heterocycles. The van der Waals surface area contributed by atoms with Gasteiger partial charge >= 0.3 is 3.93 Å². The summed E-state index contributed by atoms with van der Waals surface area (Å²) < 4.78 is 25.3. The number of anilines is 1. The van der Waals surface area contributed by atoms with Gasteiger partial charge in [0, 0.05) is 57.4 Å². The third kappa shape index (κ3) is 8.46. The second kappa shape index (κ2) is 13.5. The van der Waals surface area contributed by atoms with Crippen molar-refractivity contribution in [2.24, 2.45) is 0 Å². The molecular formula is C29H27F2I2N3O2. The van der Waals surface area contributed by atoms with Gasteiger partial charge in [-0.3, -0.25) is 9.59 Å². The Morgan fingerprint density at radius 2 is 1.71 bits per heavy atom. The van der Waals surface area contributed by atoms with Crippen LogP contribution in [-0.4, -0.2) is 43.3 Å². The number of carbonyl (C=O) groups excluding carboxylic acids is 2. The predicted molar refractivity (Wildman–Crippen MR) is 163 cm³/mol. The summed E-state index contributed by atoms with van der Waals surface area (Å²) in [4.78, 5) is 28.6. The summed E-state index contributed by atoms with van der Waals surface area (Å²) in [5.41, 5.74) is 3.96. The van der Waals surface area contributed by atoms with Crippen molar-refractivity contribution < 1.29 is 18.4 Å². The Labute approximate surface area is 249 Å². The van der Waals surface area contributed by atoms with Gasteiger partial charge in [-0.15, -0.1) is 0 Å². The normalized spacial score (nSPS) is 11.1. The molecule has 0 unspecified atom stereocenters. The highest BCUT2D eigenvalue weighted by Crippen LogP contribution is 2.37. The van der Waals surface area contributed by atoms with Crippen molar-refractivity contribution in [3.05, 3.63) is 87.0 Å². The van der Waals surface area contributed by atoms with E-state index in [-0.39, 0.29) is 36.8 Å². The molecule has 3 rings (SSSR count). The Bertz CT molecular complexity index is 1330. The number of hydrogen-bond acceptors (Lipinski definition) is 4. The minimum absolute atomic E-state index is 0.00367. The van der Waals surface area contributed by atoms with Crippen molar-refractivity contribution in [3.63, 3.8) is 0 Å². The van der Waals surface area contributed by atoms with Crippen LogP contribution in [0.3, 0.4) is 0 Å². The highest BCUT2D eigenvalue weighted by molar-refractivity contribution is 14.1. The van der Waals surface area contributed by atoms with Crippen LogP contribution < -0.4 is 4.90 Å². The van der Waals surface area contributed by atoms with Crippen molar-refractivity contribution in [1.29, 1.82) is 5.26 Å². The molecule has 0 radical (unpaired) electrons. The van der Waals surface area contributed by atoms with Crippen molar-refractivity contribution in [1.82, 2.24) is 4.90 Å². The number of benzene rings is 3. The molecule has 0 fully saturated rings. The summed E-state index contributed by atoms with van der Waals surface area (Å²) in [6.07, 6.45) is 0.862. The van der Waals surface area contributed by atoms with Gasteiger partial charge in [0.25, 0.3) is 0 Å². The molecule has 0 aliphatic carbocycles. The minimum Gasteiger partial charge on any atom is -0.367 e. The molecule has 0 aromatic heterocycles. The van der Waals surface area contributed by atoms with Gasteiger partial charge in [0.1, 0.15) is 0 Å². The minimum atomic E-state index is -3.01. The molecule has 3 aromatic carbocycles. The molecule has 38 heavy (non-hydrogen) atoms. The fourth-order valence-corrected chi connectivity index (χ4v) is 4.95. The van der Waals surface area contributed by atoms with Crippen LogP contribution in [-0.2, 0) is 19.9 Å². The summed E-state index contributed by atoms with van der Waals surface area (Å²) in [6.45, 7) is 2.10. The first-order valence-corrected chi connectivity index (χ1v) is 14.1. The molecule has 9 heteroatoms. The summed E-state index contributed by atoms with van der Waals surface area (Å²) >= 11 is 3.08. The summed E-state index contributed by atoms with van der Waals surface area (Å²) in [5.74, 6) is -0.296. The lowest BCUT2D eigenvalue weighted by atomic mass is 10.0. The van der Waals surface area contributed by atoms with E-state index in [4.69, 9.17) is 5.26 Å². The van der Waals surface area contributed by atoms with E-state index in [9.17, 15) is 18.4 Å². The highest BCUT2D eigenvalue weighted by atomic mass is 127. The van der Waals surface area contributed by atoms with Gasteiger partial charge in [0.15, 0.2) is 5.78 Å². The average Bonchev–Trinajstić information content (AvgIpc) is 2.90. The summed E-state index contributed by atoms with van der Waals surface area (Å²) in [7, 11) is 1.68. The zero-order valence-electron chi connectivity index (χ0n) is 21.1. The van der Waals surface area contributed by atoms with E-state index in [1.807, 2.05) is 65.1 Å². The van der Waals surface area contributed by atoms with E-state index in [0.29, 0.717) is 27.8 Å². The number of Topliss-reactive ketones (excluding diaryl/α,β-unsaturated/α-hetero) is 1. The van der Waals surface area contributed by atoms with Gasteiger partial charge in [0.2, 0.25) is 5.91 Å². The number of nitrogens with zero attached hydrogens (tertiary/aromatic N) is 3. The first-order valence-electron chi connectivity index (χ1n) is 12.0. The van der Waals surface area contributed by atoms with Crippen LogP contribution in [0.1, 0.15) is 30.0 Å². The number of ketones is 1. The molecule has 0 atom stereocenters. The van der Waals surface area contributed by atoms with Gasteiger partial charge in [-0.2, -0.15) is 14.0 Å². The third-order valence-corrected chi connectivity index (χ3v) is 7.28. The van der Waals surface area contributed by atoms with Gasteiger partial charge in [-0.25, -0.2) is 0 Å². The number of amides is 1. The molecule has 3 aromatic rings. The van der Waals surface area contributed by atoms with Crippen LogP contribution in [0, 0.1) is 14.9 Å². The summed E-state index contributed by atoms with van der Waals surface area (Å²) in [5, 5.41) is 9.12. The van der Waals surface area contributed by atoms with Crippen molar-refractivity contribution >= 4 is 62.6 Å². The van der Waals surface area contributed by atoms with Crippen LogP contribution in [0.2, 0.25) is 0 Å². The summed E-state index contributed by atoms with van der Waals surface area (Å²) in [6, 6.07) is 22.0. The second-order valence-electron chi connectivity index (χ2n) is 8.90. The van der Waals surface area contributed by atoms with Gasteiger partial charge in [0.05, 0.1) is 24.7 Å². The van der Waals surface area contributed by atoms with Crippen LogP contribution in [0.15, 0.2) is 66.7 Å². The lowest BCUT2D eigenvalue weighted by molar-refractivity contribution is -0.134. The first-order chi connectivity index (χ1) is 18.0. The number of rotatable bonds is 11. The fourth-order valence-electron chi connectivity index (χ4n) is 3.99. The van der Waals surface area contributed by atoms with Crippen LogP contribution in [0.25, 0.3) is 11.1 Å². The van der Waals surface area contributed by atoms with Gasteiger partial charge < -0.3 is 9.80 Å². The number of carbonyl (C=O) groups is 2. The Hall–Kier alpha value is -2.59. The molecule has 0 saturated carbocycles. The Kier molecular flexibility index (Phi) is 10.6. The average molecular weight is 741 g/mol. The Morgan fingerprint density at radius 1 is 1.00 bits per heavy atom. The zero-order valence-corrected chi connectivity index (χ0v) is 25.4. The van der Waals surface area contributed by atoms with E-state index in [1.165, 1.54) is 12.1 Å². The van der Waals surface area contributed by atoms with Gasteiger partial charge in [-0.1, -0.05) is 43.3 Å². The quantitative estimate of drug-likeness (QED) is 0.160. The monoisotopic (exact) mass is 741 g/mol. The Balaban J connectivity index is 1.63. The maximum atomic E-state index is 13.8. The molecule has 0 saturated heterocycles. The lowest BCUT2D eigenvalue weighted by Crippen LogP contribution is -2.40. The number of hydrogen-bond donors (Lipinski definition) is 0.